The summed E-state index contributed by atoms with van der Waals surface area (Å²) in [5, 5.41) is 3.20. The van der Waals surface area contributed by atoms with E-state index < -0.39 is 5.82 Å². The van der Waals surface area contributed by atoms with Crippen LogP contribution in [0.2, 0.25) is 0 Å². The molecule has 86 valence electrons. The van der Waals surface area contributed by atoms with Crippen LogP contribution in [0.15, 0.2) is 24.3 Å². The molecule has 2 aromatic rings. The molecular formula is C12H8FNO2S. The maximum Gasteiger partial charge on any atom is 0.260 e. The first-order valence-corrected chi connectivity index (χ1v) is 5.84. The number of nitrogens with one attached hydrogen (secondary N) is 1. The number of anilines is 1. The Morgan fingerprint density at radius 2 is 2.18 bits per heavy atom. The van der Waals surface area contributed by atoms with E-state index in [0.29, 0.717) is 22.1 Å². The van der Waals surface area contributed by atoms with E-state index in [2.05, 4.69) is 5.32 Å². The van der Waals surface area contributed by atoms with Gasteiger partial charge in [-0.3, -0.25) is 4.79 Å². The van der Waals surface area contributed by atoms with Crippen LogP contribution in [0.1, 0.15) is 15.2 Å². The second-order valence-electron chi connectivity index (χ2n) is 3.75. The quantitative estimate of drug-likeness (QED) is 0.775. The third kappa shape index (κ3) is 1.68. The maximum absolute atomic E-state index is 13.1. The number of thiophene rings is 1. The Hall–Kier alpha value is -1.88. The van der Waals surface area contributed by atoms with Gasteiger partial charge in [-0.15, -0.1) is 11.3 Å². The second-order valence-corrected chi connectivity index (χ2v) is 4.97. The molecular weight excluding hydrogens is 241 g/mol. The van der Waals surface area contributed by atoms with Crippen LogP contribution in [0.4, 0.5) is 10.1 Å². The van der Waals surface area contributed by atoms with Crippen LogP contribution < -0.4 is 10.1 Å². The van der Waals surface area contributed by atoms with Gasteiger partial charge >= 0.3 is 0 Å². The van der Waals surface area contributed by atoms with E-state index in [4.69, 9.17) is 4.74 Å². The molecule has 0 unspecified atom stereocenters. The number of amides is 1. The number of hydrogen-bond acceptors (Lipinski definition) is 3. The molecule has 0 bridgehead atoms. The summed E-state index contributed by atoms with van der Waals surface area (Å²) >= 11 is 1.37. The lowest BCUT2D eigenvalue weighted by Crippen LogP contribution is -2.09. The van der Waals surface area contributed by atoms with Crippen LogP contribution in [-0.4, -0.2) is 5.91 Å². The average Bonchev–Trinajstić information content (AvgIpc) is 2.58. The maximum atomic E-state index is 13.1. The zero-order chi connectivity index (χ0) is 12.0. The van der Waals surface area contributed by atoms with E-state index in [1.165, 1.54) is 29.5 Å². The molecule has 1 aromatic carbocycles. The summed E-state index contributed by atoms with van der Waals surface area (Å²) in [7, 11) is 0. The van der Waals surface area contributed by atoms with Crippen LogP contribution in [-0.2, 0) is 0 Å². The number of fused-ring (bicyclic) bond motifs is 2. The highest BCUT2D eigenvalue weighted by Crippen LogP contribution is 2.40. The molecule has 5 heteroatoms. The van der Waals surface area contributed by atoms with Crippen molar-refractivity contribution < 1.29 is 13.9 Å². The molecule has 0 aliphatic carbocycles. The van der Waals surface area contributed by atoms with E-state index in [-0.39, 0.29) is 5.91 Å². The highest BCUT2D eigenvalue weighted by atomic mass is 32.1. The van der Waals surface area contributed by atoms with Gasteiger partial charge in [0.15, 0.2) is 10.8 Å². The number of hydrogen-bond donors (Lipinski definition) is 1. The zero-order valence-corrected chi connectivity index (χ0v) is 9.73. The van der Waals surface area contributed by atoms with Crippen LogP contribution in [0.5, 0.6) is 10.8 Å². The summed E-state index contributed by atoms with van der Waals surface area (Å²) in [6, 6.07) is 5.80. The molecule has 0 spiro atoms. The van der Waals surface area contributed by atoms with Gasteiger partial charge in [0, 0.05) is 10.9 Å². The van der Waals surface area contributed by atoms with Gasteiger partial charge in [-0.05, 0) is 25.1 Å². The van der Waals surface area contributed by atoms with Gasteiger partial charge < -0.3 is 10.1 Å². The van der Waals surface area contributed by atoms with Gasteiger partial charge in [0.1, 0.15) is 5.82 Å². The van der Waals surface area contributed by atoms with E-state index in [1.807, 2.05) is 6.92 Å². The molecule has 0 saturated carbocycles. The monoisotopic (exact) mass is 249 g/mol. The molecule has 0 saturated heterocycles. The van der Waals surface area contributed by atoms with Crippen molar-refractivity contribution in [3.8, 4) is 10.8 Å². The Labute approximate surface area is 101 Å². The molecule has 1 N–H and O–H groups in total. The van der Waals surface area contributed by atoms with Crippen molar-refractivity contribution in [2.75, 3.05) is 5.32 Å². The Morgan fingerprint density at radius 3 is 3.00 bits per heavy atom. The molecule has 0 atom stereocenters. The molecule has 17 heavy (non-hydrogen) atoms. The van der Waals surface area contributed by atoms with Gasteiger partial charge in [0.2, 0.25) is 0 Å². The Morgan fingerprint density at radius 1 is 1.35 bits per heavy atom. The largest absolute Gasteiger partial charge is 0.444 e. The third-order valence-corrected chi connectivity index (χ3v) is 3.39. The lowest BCUT2D eigenvalue weighted by atomic mass is 10.2. The lowest BCUT2D eigenvalue weighted by Gasteiger charge is -2.05. The molecule has 0 fully saturated rings. The molecule has 0 radical (unpaired) electrons. The minimum atomic E-state index is -0.394. The number of rotatable bonds is 0. The van der Waals surface area contributed by atoms with Crippen molar-refractivity contribution in [3.05, 3.63) is 40.5 Å². The molecule has 3 nitrogen and oxygen atoms in total. The normalized spacial score (nSPS) is 13.2. The first-order valence-electron chi connectivity index (χ1n) is 5.02. The van der Waals surface area contributed by atoms with Crippen molar-refractivity contribution >= 4 is 22.9 Å². The number of benzene rings is 1. The standard InChI is InChI=1S/C12H8FNO2S/c1-6-4-8-11(15)14-9-3-2-7(13)5-10(9)16-12(8)17-6/h2-5H,1H3,(H,14,15). The predicted octanol–water partition coefficient (Wildman–Crippen LogP) is 3.55. The highest BCUT2D eigenvalue weighted by molar-refractivity contribution is 7.14. The van der Waals surface area contributed by atoms with Crippen molar-refractivity contribution in [3.63, 3.8) is 0 Å². The molecule has 1 aromatic heterocycles. The Kier molecular flexibility index (Phi) is 2.16. The summed E-state index contributed by atoms with van der Waals surface area (Å²) < 4.78 is 18.7. The topological polar surface area (TPSA) is 38.3 Å². The smallest absolute Gasteiger partial charge is 0.260 e. The third-order valence-electron chi connectivity index (χ3n) is 2.46. The van der Waals surface area contributed by atoms with Gasteiger partial charge in [-0.2, -0.15) is 0 Å². The van der Waals surface area contributed by atoms with E-state index >= 15 is 0 Å². The molecule has 2 heterocycles. The molecule has 1 aliphatic rings. The summed E-state index contributed by atoms with van der Waals surface area (Å²) in [6.07, 6.45) is 0. The van der Waals surface area contributed by atoms with E-state index in [9.17, 15) is 9.18 Å². The summed E-state index contributed by atoms with van der Waals surface area (Å²) in [6.45, 7) is 1.89. The van der Waals surface area contributed by atoms with E-state index in [1.54, 1.807) is 6.07 Å². The van der Waals surface area contributed by atoms with Crippen molar-refractivity contribution in [2.45, 2.75) is 6.92 Å². The fraction of sp³-hybridized carbons (Fsp3) is 0.0833. The Balaban J connectivity index is 2.16. The van der Waals surface area contributed by atoms with Gasteiger partial charge in [0.05, 0.1) is 11.3 Å². The summed E-state index contributed by atoms with van der Waals surface area (Å²) in [5.74, 6) is -0.289. The summed E-state index contributed by atoms with van der Waals surface area (Å²) in [4.78, 5) is 12.9. The summed E-state index contributed by atoms with van der Waals surface area (Å²) in [5.41, 5.74) is 0.974. The zero-order valence-electron chi connectivity index (χ0n) is 8.91. The van der Waals surface area contributed by atoms with Crippen molar-refractivity contribution in [2.24, 2.45) is 0 Å². The molecule has 1 aliphatic heterocycles. The first kappa shape index (κ1) is 10.3. The highest BCUT2D eigenvalue weighted by Gasteiger charge is 2.23. The van der Waals surface area contributed by atoms with Gasteiger partial charge in [0.25, 0.3) is 5.91 Å². The van der Waals surface area contributed by atoms with Gasteiger partial charge in [-0.25, -0.2) is 4.39 Å². The minimum absolute atomic E-state index is 0.227. The van der Waals surface area contributed by atoms with Gasteiger partial charge in [-0.1, -0.05) is 0 Å². The number of halogens is 1. The Bertz CT molecular complexity index is 621. The van der Waals surface area contributed by atoms with Crippen LogP contribution >= 0.6 is 11.3 Å². The number of aryl methyl sites for hydroxylation is 1. The van der Waals surface area contributed by atoms with Crippen LogP contribution in [0, 0.1) is 12.7 Å². The SMILES string of the molecule is Cc1cc2c(s1)Oc1cc(F)ccc1NC2=O. The van der Waals surface area contributed by atoms with Crippen molar-refractivity contribution in [1.82, 2.24) is 0 Å². The fourth-order valence-corrected chi connectivity index (χ4v) is 2.56. The number of carbonyl (C=O) groups is 1. The second kappa shape index (κ2) is 3.56. The fourth-order valence-electron chi connectivity index (χ4n) is 1.70. The molecule has 3 rings (SSSR count). The van der Waals surface area contributed by atoms with Crippen LogP contribution in [0.25, 0.3) is 0 Å². The number of carbonyl (C=O) groups excluding carboxylic acids is 1. The van der Waals surface area contributed by atoms with Crippen molar-refractivity contribution in [1.29, 1.82) is 0 Å². The minimum Gasteiger partial charge on any atom is -0.444 e. The number of ether oxygens (including phenoxy) is 1. The average molecular weight is 249 g/mol. The molecule has 1 amide bonds. The van der Waals surface area contributed by atoms with Crippen LogP contribution in [0.3, 0.4) is 0 Å². The lowest BCUT2D eigenvalue weighted by molar-refractivity contribution is 0.102. The van der Waals surface area contributed by atoms with E-state index in [0.717, 1.165) is 4.88 Å². The predicted molar refractivity (Wildman–Crippen MR) is 63.5 cm³/mol. The first-order chi connectivity index (χ1) is 8.13.